The van der Waals surface area contributed by atoms with Gasteiger partial charge in [-0.25, -0.2) is 0 Å². The second-order valence-electron chi connectivity index (χ2n) is 4.48. The van der Waals surface area contributed by atoms with E-state index >= 15 is 0 Å². The molecule has 0 amide bonds. The lowest BCUT2D eigenvalue weighted by molar-refractivity contribution is 0.0833. The van der Waals surface area contributed by atoms with Gasteiger partial charge in [-0.1, -0.05) is 0 Å². The first kappa shape index (κ1) is 10.8. The van der Waals surface area contributed by atoms with Crippen LogP contribution >= 0.6 is 0 Å². The molecule has 13 heavy (non-hydrogen) atoms. The Kier molecular flexibility index (Phi) is 3.56. The van der Waals surface area contributed by atoms with Crippen LogP contribution in [-0.2, 0) is 9.16 Å². The van der Waals surface area contributed by atoms with E-state index < -0.39 is 8.32 Å². The first-order chi connectivity index (χ1) is 6.03. The summed E-state index contributed by atoms with van der Waals surface area (Å²) in [6.07, 6.45) is 5.86. The molecule has 0 aromatic rings. The lowest BCUT2D eigenvalue weighted by Crippen LogP contribution is -2.30. The van der Waals surface area contributed by atoms with Crippen LogP contribution in [-0.4, -0.2) is 21.5 Å². The minimum atomic E-state index is -1.45. The fourth-order valence-corrected chi connectivity index (χ4v) is 2.44. The molecular formula is C10H20O2Si. The van der Waals surface area contributed by atoms with Gasteiger partial charge in [0, 0.05) is 7.11 Å². The summed E-state index contributed by atoms with van der Waals surface area (Å²) in [6.45, 7) is 6.61. The van der Waals surface area contributed by atoms with Gasteiger partial charge < -0.3 is 9.16 Å². The Hall–Kier alpha value is -0.283. The first-order valence-corrected chi connectivity index (χ1v) is 8.35. The van der Waals surface area contributed by atoms with E-state index in [1.165, 1.54) is 6.42 Å². The molecule has 0 aromatic heterocycles. The third kappa shape index (κ3) is 3.52. The maximum Gasteiger partial charge on any atom is 0.241 e. The molecule has 0 radical (unpaired) electrons. The van der Waals surface area contributed by atoms with Crippen molar-refractivity contribution in [1.82, 2.24) is 0 Å². The zero-order valence-corrected chi connectivity index (χ0v) is 10.1. The van der Waals surface area contributed by atoms with Crippen molar-refractivity contribution in [3.63, 3.8) is 0 Å². The molecule has 0 aromatic carbocycles. The number of hydrogen-bond donors (Lipinski definition) is 0. The highest BCUT2D eigenvalue weighted by atomic mass is 28.4. The van der Waals surface area contributed by atoms with E-state index in [9.17, 15) is 0 Å². The lowest BCUT2D eigenvalue weighted by atomic mass is 10.0. The fraction of sp³-hybridized carbons (Fsp3) is 0.800. The van der Waals surface area contributed by atoms with Gasteiger partial charge in [0.05, 0.1) is 0 Å². The number of ether oxygens (including phenoxy) is 1. The molecule has 0 N–H and O–H groups in total. The first-order valence-electron chi connectivity index (χ1n) is 4.95. The Morgan fingerprint density at radius 3 is 2.62 bits per heavy atom. The summed E-state index contributed by atoms with van der Waals surface area (Å²) < 4.78 is 11.3. The molecule has 0 saturated heterocycles. The molecule has 1 aliphatic rings. The van der Waals surface area contributed by atoms with E-state index in [4.69, 9.17) is 9.16 Å². The molecule has 2 nitrogen and oxygen atoms in total. The van der Waals surface area contributed by atoms with Crippen LogP contribution in [0, 0.1) is 0 Å². The Morgan fingerprint density at radius 2 is 2.08 bits per heavy atom. The normalized spacial score (nSPS) is 24.0. The standard InChI is InChI=1S/C10H20O2Si/c1-11-9-7-5-6-8-10(9)12-13(2,3)4/h8-9H,5-7H2,1-4H3/t9-/m0/s1. The minimum absolute atomic E-state index is 0.209. The summed E-state index contributed by atoms with van der Waals surface area (Å²) >= 11 is 0. The number of methoxy groups -OCH3 is 1. The molecule has 0 heterocycles. The van der Waals surface area contributed by atoms with Gasteiger partial charge in [0.25, 0.3) is 0 Å². The summed E-state index contributed by atoms with van der Waals surface area (Å²) in [5, 5.41) is 0. The highest BCUT2D eigenvalue weighted by Gasteiger charge is 2.24. The van der Waals surface area contributed by atoms with E-state index in [1.807, 2.05) is 0 Å². The Bertz CT molecular complexity index is 194. The summed E-state index contributed by atoms with van der Waals surface area (Å²) in [5.74, 6) is 1.08. The molecule has 0 spiro atoms. The van der Waals surface area contributed by atoms with Crippen molar-refractivity contribution in [2.45, 2.75) is 45.0 Å². The SMILES string of the molecule is CO[C@H]1CCCC=C1O[Si](C)(C)C. The Morgan fingerprint density at radius 1 is 1.38 bits per heavy atom. The maximum atomic E-state index is 5.96. The predicted octanol–water partition coefficient (Wildman–Crippen LogP) is 2.92. The van der Waals surface area contributed by atoms with Crippen LogP contribution in [0.3, 0.4) is 0 Å². The molecule has 76 valence electrons. The molecule has 0 saturated carbocycles. The summed E-state index contributed by atoms with van der Waals surface area (Å²) in [5.41, 5.74) is 0. The topological polar surface area (TPSA) is 18.5 Å². The van der Waals surface area contributed by atoms with Crippen LogP contribution in [0.15, 0.2) is 11.8 Å². The average molecular weight is 200 g/mol. The van der Waals surface area contributed by atoms with Crippen LogP contribution in [0.2, 0.25) is 19.6 Å². The molecule has 0 bridgehead atoms. The van der Waals surface area contributed by atoms with Crippen LogP contribution < -0.4 is 0 Å². The fourth-order valence-electron chi connectivity index (χ4n) is 1.52. The second-order valence-corrected chi connectivity index (χ2v) is 8.91. The third-order valence-corrected chi connectivity index (χ3v) is 2.89. The molecule has 0 aliphatic heterocycles. The summed E-state index contributed by atoms with van der Waals surface area (Å²) in [4.78, 5) is 0. The third-order valence-electron chi connectivity index (χ3n) is 2.04. The highest BCUT2D eigenvalue weighted by molar-refractivity contribution is 6.70. The van der Waals surface area contributed by atoms with Crippen molar-refractivity contribution in [2.75, 3.05) is 7.11 Å². The molecule has 1 rings (SSSR count). The predicted molar refractivity (Wildman–Crippen MR) is 57.2 cm³/mol. The zero-order valence-electron chi connectivity index (χ0n) is 9.09. The zero-order chi connectivity index (χ0) is 9.90. The van der Waals surface area contributed by atoms with Gasteiger partial charge in [-0.3, -0.25) is 0 Å². The van der Waals surface area contributed by atoms with Gasteiger partial charge in [0.15, 0.2) is 0 Å². The molecular weight excluding hydrogens is 180 g/mol. The van der Waals surface area contributed by atoms with E-state index in [1.54, 1.807) is 7.11 Å². The number of hydrogen-bond acceptors (Lipinski definition) is 2. The van der Waals surface area contributed by atoms with Crippen LogP contribution in [0.5, 0.6) is 0 Å². The highest BCUT2D eigenvalue weighted by Crippen LogP contribution is 2.24. The van der Waals surface area contributed by atoms with Crippen LogP contribution in [0.1, 0.15) is 19.3 Å². The van der Waals surface area contributed by atoms with E-state index in [0.717, 1.165) is 18.6 Å². The Balaban J connectivity index is 2.60. The molecule has 1 atom stereocenters. The molecule has 1 aliphatic carbocycles. The van der Waals surface area contributed by atoms with Crippen LogP contribution in [0.25, 0.3) is 0 Å². The molecule has 0 fully saturated rings. The summed E-state index contributed by atoms with van der Waals surface area (Å²) in [7, 11) is 0.310. The maximum absolute atomic E-state index is 5.96. The van der Waals surface area contributed by atoms with Crippen LogP contribution in [0.4, 0.5) is 0 Å². The van der Waals surface area contributed by atoms with Crippen molar-refractivity contribution in [3.05, 3.63) is 11.8 Å². The van der Waals surface area contributed by atoms with Gasteiger partial charge in [0.1, 0.15) is 11.9 Å². The second kappa shape index (κ2) is 4.29. The smallest absolute Gasteiger partial charge is 0.241 e. The van der Waals surface area contributed by atoms with Crippen molar-refractivity contribution in [1.29, 1.82) is 0 Å². The van der Waals surface area contributed by atoms with E-state index in [0.29, 0.717) is 0 Å². The largest absolute Gasteiger partial charge is 0.546 e. The molecule has 3 heteroatoms. The monoisotopic (exact) mass is 200 g/mol. The molecule has 0 unspecified atom stereocenters. The number of allylic oxidation sites excluding steroid dienone is 1. The van der Waals surface area contributed by atoms with E-state index in [-0.39, 0.29) is 6.10 Å². The number of rotatable bonds is 3. The van der Waals surface area contributed by atoms with Gasteiger partial charge in [-0.05, 0) is 45.0 Å². The quantitative estimate of drug-likeness (QED) is 0.652. The van der Waals surface area contributed by atoms with Gasteiger partial charge in [-0.2, -0.15) is 0 Å². The van der Waals surface area contributed by atoms with Gasteiger partial charge in [-0.15, -0.1) is 0 Å². The minimum Gasteiger partial charge on any atom is -0.546 e. The van der Waals surface area contributed by atoms with Crippen molar-refractivity contribution < 1.29 is 9.16 Å². The lowest BCUT2D eigenvalue weighted by Gasteiger charge is -2.29. The van der Waals surface area contributed by atoms with Crippen molar-refractivity contribution in [2.24, 2.45) is 0 Å². The average Bonchev–Trinajstić information content (AvgIpc) is 2.02. The van der Waals surface area contributed by atoms with Crippen molar-refractivity contribution in [3.8, 4) is 0 Å². The summed E-state index contributed by atoms with van der Waals surface area (Å²) in [6, 6.07) is 0. The van der Waals surface area contributed by atoms with Gasteiger partial charge >= 0.3 is 0 Å². The van der Waals surface area contributed by atoms with E-state index in [2.05, 4.69) is 25.7 Å². The van der Waals surface area contributed by atoms with Crippen molar-refractivity contribution >= 4 is 8.32 Å². The van der Waals surface area contributed by atoms with Gasteiger partial charge in [0.2, 0.25) is 8.32 Å². The Labute approximate surface area is 82.1 Å².